The first-order valence-corrected chi connectivity index (χ1v) is 7.63. The predicted octanol–water partition coefficient (Wildman–Crippen LogP) is 0.840. The van der Waals surface area contributed by atoms with Crippen LogP contribution in [0.1, 0.15) is 39.7 Å². The maximum absolute atomic E-state index is 11.7. The lowest BCUT2D eigenvalue weighted by molar-refractivity contribution is -0.143. The van der Waals surface area contributed by atoms with Crippen molar-refractivity contribution in [2.24, 2.45) is 0 Å². The summed E-state index contributed by atoms with van der Waals surface area (Å²) in [5, 5.41) is 19.4. The highest BCUT2D eigenvalue weighted by atomic mass is 32.2. The Kier molecular flexibility index (Phi) is 4.24. The van der Waals surface area contributed by atoms with Crippen molar-refractivity contribution < 1.29 is 9.90 Å². The zero-order valence-corrected chi connectivity index (χ0v) is 12.7. The molecular weight excluding hydrogens is 280 g/mol. The summed E-state index contributed by atoms with van der Waals surface area (Å²) in [5.41, 5.74) is -1.27. The van der Waals surface area contributed by atoms with Crippen LogP contribution in [0.2, 0.25) is 0 Å². The Morgan fingerprint density at radius 3 is 2.80 bits per heavy atom. The minimum absolute atomic E-state index is 0.0570. The van der Waals surface area contributed by atoms with Crippen molar-refractivity contribution in [3.05, 3.63) is 10.5 Å². The molecule has 20 heavy (non-hydrogen) atoms. The molecule has 7 nitrogen and oxygen atoms in total. The molecular formula is C12H20N4O3S. The van der Waals surface area contributed by atoms with Crippen LogP contribution in [0, 0.1) is 0 Å². The fraction of sp³-hybridized carbons (Fsp3) is 0.750. The van der Waals surface area contributed by atoms with Gasteiger partial charge in [0.1, 0.15) is 5.54 Å². The normalized spacial score (nSPS) is 18.2. The van der Waals surface area contributed by atoms with E-state index < -0.39 is 11.5 Å². The van der Waals surface area contributed by atoms with Crippen LogP contribution < -0.4 is 11.0 Å². The van der Waals surface area contributed by atoms with Gasteiger partial charge in [0.25, 0.3) is 0 Å². The van der Waals surface area contributed by atoms with Crippen molar-refractivity contribution in [2.75, 3.05) is 5.75 Å². The minimum atomic E-state index is -1.05. The van der Waals surface area contributed by atoms with Crippen molar-refractivity contribution in [3.8, 4) is 0 Å². The van der Waals surface area contributed by atoms with E-state index in [1.54, 1.807) is 11.5 Å². The van der Waals surface area contributed by atoms with Crippen LogP contribution in [0.4, 0.5) is 0 Å². The molecule has 2 rings (SSSR count). The average Bonchev–Trinajstić information content (AvgIpc) is 3.10. The van der Waals surface area contributed by atoms with Gasteiger partial charge in [0.05, 0.1) is 0 Å². The molecule has 0 spiro atoms. The van der Waals surface area contributed by atoms with E-state index in [0.717, 1.165) is 12.8 Å². The number of carbonyl (C=O) groups is 1. The third-order valence-electron chi connectivity index (χ3n) is 3.15. The minimum Gasteiger partial charge on any atom is -0.480 e. The van der Waals surface area contributed by atoms with Gasteiger partial charge in [-0.05, 0) is 33.6 Å². The quantitative estimate of drug-likeness (QED) is 0.645. The SMILES string of the molecule is CC(C)NC(C)(CSc1n[nH]c(=O)n1C1CC1)C(=O)O. The van der Waals surface area contributed by atoms with Crippen molar-refractivity contribution in [1.29, 1.82) is 0 Å². The second-order valence-electron chi connectivity index (χ2n) is 5.64. The molecule has 3 N–H and O–H groups in total. The molecule has 112 valence electrons. The number of nitrogens with zero attached hydrogens (tertiary/aromatic N) is 2. The molecule has 0 radical (unpaired) electrons. The lowest BCUT2D eigenvalue weighted by Crippen LogP contribution is -2.54. The Labute approximate surface area is 121 Å². The Morgan fingerprint density at radius 2 is 2.30 bits per heavy atom. The van der Waals surface area contributed by atoms with Crippen LogP contribution in [-0.4, -0.2) is 43.2 Å². The molecule has 0 aliphatic heterocycles. The van der Waals surface area contributed by atoms with Gasteiger partial charge < -0.3 is 5.11 Å². The first kappa shape index (κ1) is 15.1. The summed E-state index contributed by atoms with van der Waals surface area (Å²) in [7, 11) is 0. The van der Waals surface area contributed by atoms with Gasteiger partial charge in [0.15, 0.2) is 5.16 Å². The Hall–Kier alpha value is -1.28. The lowest BCUT2D eigenvalue weighted by atomic mass is 10.1. The van der Waals surface area contributed by atoms with Crippen LogP contribution in [0.3, 0.4) is 0 Å². The number of hydrogen-bond donors (Lipinski definition) is 3. The topological polar surface area (TPSA) is 100 Å². The van der Waals surface area contributed by atoms with Gasteiger partial charge in [0, 0.05) is 17.8 Å². The molecule has 1 aliphatic rings. The zero-order chi connectivity index (χ0) is 14.9. The van der Waals surface area contributed by atoms with E-state index in [1.807, 2.05) is 13.8 Å². The summed E-state index contributed by atoms with van der Waals surface area (Å²) in [6, 6.07) is 0.277. The molecule has 1 saturated carbocycles. The average molecular weight is 300 g/mol. The smallest absolute Gasteiger partial charge is 0.344 e. The number of carboxylic acids is 1. The molecule has 1 fully saturated rings. The molecule has 1 atom stereocenters. The van der Waals surface area contributed by atoms with Crippen molar-refractivity contribution in [1.82, 2.24) is 20.1 Å². The highest BCUT2D eigenvalue weighted by Crippen LogP contribution is 2.36. The number of aliphatic carboxylic acids is 1. The van der Waals surface area contributed by atoms with E-state index in [9.17, 15) is 14.7 Å². The molecule has 1 aromatic rings. The third kappa shape index (κ3) is 3.24. The second-order valence-corrected chi connectivity index (χ2v) is 6.58. The number of carboxylic acid groups (broad SMARTS) is 1. The molecule has 1 aromatic heterocycles. The number of nitrogens with one attached hydrogen (secondary N) is 2. The Morgan fingerprint density at radius 1 is 1.65 bits per heavy atom. The maximum atomic E-state index is 11.7. The van der Waals surface area contributed by atoms with E-state index in [4.69, 9.17) is 0 Å². The van der Waals surface area contributed by atoms with Gasteiger partial charge in [-0.25, -0.2) is 9.89 Å². The largest absolute Gasteiger partial charge is 0.480 e. The van der Waals surface area contributed by atoms with E-state index >= 15 is 0 Å². The standard InChI is InChI=1S/C12H20N4O3S/c1-7(2)13-12(3,9(17)18)6-20-11-15-14-10(19)16(11)8-4-5-8/h7-8,13H,4-6H2,1-3H3,(H,14,19)(H,17,18). The molecule has 0 saturated heterocycles. The molecule has 1 heterocycles. The molecule has 0 aromatic carbocycles. The number of hydrogen-bond acceptors (Lipinski definition) is 5. The summed E-state index contributed by atoms with van der Waals surface area (Å²) in [5.74, 6) is -0.605. The summed E-state index contributed by atoms with van der Waals surface area (Å²) in [4.78, 5) is 23.1. The van der Waals surface area contributed by atoms with E-state index in [1.165, 1.54) is 11.8 Å². The summed E-state index contributed by atoms with van der Waals surface area (Å²) < 4.78 is 1.63. The van der Waals surface area contributed by atoms with Crippen molar-refractivity contribution in [2.45, 2.75) is 56.4 Å². The Balaban J connectivity index is 2.10. The summed E-state index contributed by atoms with van der Waals surface area (Å²) >= 11 is 1.29. The van der Waals surface area contributed by atoms with E-state index in [2.05, 4.69) is 15.5 Å². The van der Waals surface area contributed by atoms with Gasteiger partial charge in [-0.3, -0.25) is 14.7 Å². The van der Waals surface area contributed by atoms with Crippen LogP contribution in [0.15, 0.2) is 9.95 Å². The molecule has 0 bridgehead atoms. The summed E-state index contributed by atoms with van der Waals surface area (Å²) in [6.07, 6.45) is 1.96. The van der Waals surface area contributed by atoms with Gasteiger partial charge in [-0.15, -0.1) is 5.10 Å². The second kappa shape index (κ2) is 5.61. The van der Waals surface area contributed by atoms with Crippen molar-refractivity contribution >= 4 is 17.7 Å². The summed E-state index contributed by atoms with van der Waals surface area (Å²) in [6.45, 7) is 5.45. The van der Waals surface area contributed by atoms with Crippen LogP contribution in [0.5, 0.6) is 0 Å². The van der Waals surface area contributed by atoms with Gasteiger partial charge >= 0.3 is 11.7 Å². The fourth-order valence-electron chi connectivity index (χ4n) is 2.06. The van der Waals surface area contributed by atoms with Crippen molar-refractivity contribution in [3.63, 3.8) is 0 Å². The van der Waals surface area contributed by atoms with Gasteiger partial charge in [-0.1, -0.05) is 11.8 Å². The van der Waals surface area contributed by atoms with Crippen LogP contribution in [0.25, 0.3) is 0 Å². The van der Waals surface area contributed by atoms with Crippen LogP contribution in [-0.2, 0) is 4.79 Å². The number of aromatic amines is 1. The van der Waals surface area contributed by atoms with E-state index in [0.29, 0.717) is 10.9 Å². The van der Waals surface area contributed by atoms with Crippen LogP contribution >= 0.6 is 11.8 Å². The number of aromatic nitrogens is 3. The highest BCUT2D eigenvalue weighted by molar-refractivity contribution is 7.99. The monoisotopic (exact) mass is 300 g/mol. The van der Waals surface area contributed by atoms with E-state index in [-0.39, 0.29) is 17.8 Å². The molecule has 8 heteroatoms. The lowest BCUT2D eigenvalue weighted by Gasteiger charge is -2.28. The van der Waals surface area contributed by atoms with Gasteiger partial charge in [0.2, 0.25) is 0 Å². The first-order chi connectivity index (χ1) is 9.33. The number of rotatable bonds is 7. The number of H-pyrrole nitrogens is 1. The molecule has 1 unspecified atom stereocenters. The maximum Gasteiger partial charge on any atom is 0.344 e. The third-order valence-corrected chi connectivity index (χ3v) is 4.42. The number of thioether (sulfide) groups is 1. The zero-order valence-electron chi connectivity index (χ0n) is 11.8. The molecule has 0 amide bonds. The fourth-order valence-corrected chi connectivity index (χ4v) is 3.16. The highest BCUT2D eigenvalue weighted by Gasteiger charge is 2.35. The van der Waals surface area contributed by atoms with Gasteiger partial charge in [-0.2, -0.15) is 0 Å². The predicted molar refractivity (Wildman–Crippen MR) is 76.2 cm³/mol. The first-order valence-electron chi connectivity index (χ1n) is 6.64. The Bertz CT molecular complexity index is 549. The molecule has 1 aliphatic carbocycles.